The molecule has 0 saturated carbocycles. The number of nitrogens with one attached hydrogen (secondary N) is 2. The second-order valence-electron chi connectivity index (χ2n) is 6.28. The maximum atomic E-state index is 13.3. The molecule has 2 aromatic rings. The average molecular weight is 374 g/mol. The van der Waals surface area contributed by atoms with Gasteiger partial charge in [0.15, 0.2) is 5.54 Å². The number of rotatable bonds is 3. The summed E-state index contributed by atoms with van der Waals surface area (Å²) in [5.74, 6) is -1.31. The van der Waals surface area contributed by atoms with Crippen LogP contribution in [0.3, 0.4) is 0 Å². The van der Waals surface area contributed by atoms with Gasteiger partial charge in [-0.3, -0.25) is 14.9 Å². The number of nitrogens with zero attached hydrogens (tertiary/aromatic N) is 1. The molecule has 4 rings (SSSR count). The zero-order chi connectivity index (χ0) is 18.5. The van der Waals surface area contributed by atoms with Gasteiger partial charge in [-0.2, -0.15) is 0 Å². The minimum Gasteiger partial charge on any atom is -0.331 e. The first-order valence-electron chi connectivity index (χ1n) is 7.86. The molecule has 0 aliphatic carbocycles. The predicted molar refractivity (Wildman–Crippen MR) is 90.9 cm³/mol. The number of imide groups is 1. The summed E-state index contributed by atoms with van der Waals surface area (Å²) < 4.78 is 13.3. The summed E-state index contributed by atoms with van der Waals surface area (Å²) in [6, 6.07) is 9.55. The van der Waals surface area contributed by atoms with Crippen molar-refractivity contribution in [3.63, 3.8) is 0 Å². The van der Waals surface area contributed by atoms with E-state index in [4.69, 9.17) is 11.6 Å². The quantitative estimate of drug-likeness (QED) is 0.809. The average Bonchev–Trinajstić information content (AvgIpc) is 3.05. The molecule has 0 aromatic heterocycles. The lowest BCUT2D eigenvalue weighted by molar-refractivity contribution is -0.124. The number of benzene rings is 2. The van der Waals surface area contributed by atoms with Crippen molar-refractivity contribution < 1.29 is 18.8 Å². The van der Waals surface area contributed by atoms with E-state index in [0.29, 0.717) is 16.1 Å². The van der Waals surface area contributed by atoms with Gasteiger partial charge in [0.1, 0.15) is 5.82 Å². The Morgan fingerprint density at radius 2 is 1.85 bits per heavy atom. The maximum absolute atomic E-state index is 13.3. The molecule has 4 amide bonds. The van der Waals surface area contributed by atoms with Gasteiger partial charge < -0.3 is 10.2 Å². The van der Waals surface area contributed by atoms with Crippen LogP contribution in [-0.4, -0.2) is 29.3 Å². The van der Waals surface area contributed by atoms with Crippen LogP contribution in [0.25, 0.3) is 0 Å². The summed E-state index contributed by atoms with van der Waals surface area (Å²) in [4.78, 5) is 38.5. The van der Waals surface area contributed by atoms with Crippen LogP contribution in [0.5, 0.6) is 0 Å². The third kappa shape index (κ3) is 2.52. The molecule has 2 aliphatic rings. The van der Waals surface area contributed by atoms with Crippen LogP contribution < -0.4 is 10.6 Å². The zero-order valence-electron chi connectivity index (χ0n) is 13.4. The highest BCUT2D eigenvalue weighted by Gasteiger charge is 2.50. The number of halogens is 2. The first kappa shape index (κ1) is 16.5. The number of amides is 4. The third-order valence-electron chi connectivity index (χ3n) is 4.65. The van der Waals surface area contributed by atoms with Gasteiger partial charge in [0.25, 0.3) is 11.8 Å². The topological polar surface area (TPSA) is 78.5 Å². The monoisotopic (exact) mass is 373 g/mol. The number of carbonyl (C=O) groups excluding carboxylic acids is 3. The standard InChI is InChI=1S/C18H13ClFN3O3/c19-12-3-6-14-10(7-12)8-23(15(14)24)9-18(16(25)21-17(26)22-18)11-1-4-13(20)5-2-11/h1-7H,8-9H2,(H2,21,22,25,26). The van der Waals surface area contributed by atoms with Crippen LogP contribution in [0.4, 0.5) is 9.18 Å². The van der Waals surface area contributed by atoms with Gasteiger partial charge in [-0.15, -0.1) is 0 Å². The van der Waals surface area contributed by atoms with E-state index in [1.807, 2.05) is 0 Å². The highest BCUT2D eigenvalue weighted by Crippen LogP contribution is 2.32. The number of hydrogen-bond acceptors (Lipinski definition) is 3. The van der Waals surface area contributed by atoms with Crippen molar-refractivity contribution in [2.24, 2.45) is 0 Å². The molecular formula is C18H13ClFN3O3. The van der Waals surface area contributed by atoms with E-state index in [-0.39, 0.29) is 19.0 Å². The van der Waals surface area contributed by atoms with Gasteiger partial charge in [-0.1, -0.05) is 23.7 Å². The summed E-state index contributed by atoms with van der Waals surface area (Å²) in [5, 5.41) is 5.31. The first-order valence-corrected chi connectivity index (χ1v) is 8.24. The second kappa shape index (κ2) is 5.81. The summed E-state index contributed by atoms with van der Waals surface area (Å²) in [5.41, 5.74) is 0.172. The molecule has 2 aromatic carbocycles. The molecule has 2 N–H and O–H groups in total. The third-order valence-corrected chi connectivity index (χ3v) is 4.89. The second-order valence-corrected chi connectivity index (χ2v) is 6.72. The van der Waals surface area contributed by atoms with Crippen LogP contribution in [0.15, 0.2) is 42.5 Å². The van der Waals surface area contributed by atoms with Crippen molar-refractivity contribution in [2.45, 2.75) is 12.1 Å². The van der Waals surface area contributed by atoms with E-state index in [2.05, 4.69) is 10.6 Å². The van der Waals surface area contributed by atoms with E-state index >= 15 is 0 Å². The van der Waals surface area contributed by atoms with Gasteiger partial charge in [-0.05, 0) is 41.5 Å². The minimum atomic E-state index is -1.48. The smallest absolute Gasteiger partial charge is 0.322 e. The van der Waals surface area contributed by atoms with Crippen molar-refractivity contribution in [2.75, 3.05) is 6.54 Å². The molecule has 1 atom stereocenters. The Balaban J connectivity index is 1.71. The van der Waals surface area contributed by atoms with E-state index in [0.717, 1.165) is 5.56 Å². The zero-order valence-corrected chi connectivity index (χ0v) is 14.1. The van der Waals surface area contributed by atoms with Gasteiger partial charge in [0, 0.05) is 17.1 Å². The largest absolute Gasteiger partial charge is 0.331 e. The van der Waals surface area contributed by atoms with Crippen molar-refractivity contribution in [3.8, 4) is 0 Å². The van der Waals surface area contributed by atoms with Crippen LogP contribution in [-0.2, 0) is 16.9 Å². The van der Waals surface area contributed by atoms with E-state index < -0.39 is 23.3 Å². The normalized spacial score (nSPS) is 21.6. The van der Waals surface area contributed by atoms with E-state index in [1.165, 1.54) is 29.2 Å². The number of hydrogen-bond donors (Lipinski definition) is 2. The molecule has 8 heteroatoms. The number of urea groups is 1. The Bertz CT molecular complexity index is 947. The molecule has 0 bridgehead atoms. The lowest BCUT2D eigenvalue weighted by Crippen LogP contribution is -2.52. The van der Waals surface area contributed by atoms with Crippen LogP contribution >= 0.6 is 11.6 Å². The van der Waals surface area contributed by atoms with Gasteiger partial charge in [0.2, 0.25) is 0 Å². The van der Waals surface area contributed by atoms with Crippen LogP contribution in [0.1, 0.15) is 21.5 Å². The lowest BCUT2D eigenvalue weighted by atomic mass is 9.89. The van der Waals surface area contributed by atoms with Gasteiger partial charge in [0.05, 0.1) is 6.54 Å². The van der Waals surface area contributed by atoms with Crippen molar-refractivity contribution >= 4 is 29.4 Å². The molecule has 0 radical (unpaired) electrons. The Hall–Kier alpha value is -2.93. The summed E-state index contributed by atoms with van der Waals surface area (Å²) >= 11 is 5.98. The molecule has 0 spiro atoms. The predicted octanol–water partition coefficient (Wildman–Crippen LogP) is 2.17. The maximum Gasteiger partial charge on any atom is 0.322 e. The van der Waals surface area contributed by atoms with E-state index in [1.54, 1.807) is 18.2 Å². The van der Waals surface area contributed by atoms with Crippen molar-refractivity contribution in [3.05, 3.63) is 70.0 Å². The fourth-order valence-corrected chi connectivity index (χ4v) is 3.59. The number of fused-ring (bicyclic) bond motifs is 1. The highest BCUT2D eigenvalue weighted by molar-refractivity contribution is 6.30. The summed E-state index contributed by atoms with van der Waals surface area (Å²) in [6.45, 7) is 0.183. The summed E-state index contributed by atoms with van der Waals surface area (Å²) in [7, 11) is 0. The van der Waals surface area contributed by atoms with Crippen LogP contribution in [0.2, 0.25) is 5.02 Å². The van der Waals surface area contributed by atoms with Crippen molar-refractivity contribution in [1.29, 1.82) is 0 Å². The molecule has 1 unspecified atom stereocenters. The summed E-state index contributed by atoms with van der Waals surface area (Å²) in [6.07, 6.45) is 0. The highest BCUT2D eigenvalue weighted by atomic mass is 35.5. The van der Waals surface area contributed by atoms with Crippen molar-refractivity contribution in [1.82, 2.24) is 15.5 Å². The Morgan fingerprint density at radius 1 is 1.12 bits per heavy atom. The minimum absolute atomic E-state index is 0.0820. The van der Waals surface area contributed by atoms with Gasteiger partial charge in [-0.25, -0.2) is 9.18 Å². The molecule has 26 heavy (non-hydrogen) atoms. The Kier molecular flexibility index (Phi) is 3.69. The Morgan fingerprint density at radius 3 is 2.50 bits per heavy atom. The molecule has 2 aliphatic heterocycles. The van der Waals surface area contributed by atoms with Crippen LogP contribution in [0, 0.1) is 5.82 Å². The molecular weight excluding hydrogens is 361 g/mol. The SMILES string of the molecule is O=C1NC(=O)C(CN2Cc3cc(Cl)ccc3C2=O)(c2ccc(F)cc2)N1. The van der Waals surface area contributed by atoms with E-state index in [9.17, 15) is 18.8 Å². The number of carbonyl (C=O) groups is 3. The first-order chi connectivity index (χ1) is 12.4. The molecule has 6 nitrogen and oxygen atoms in total. The van der Waals surface area contributed by atoms with Gasteiger partial charge >= 0.3 is 6.03 Å². The molecule has 2 heterocycles. The Labute approximate surface area is 152 Å². The fourth-order valence-electron chi connectivity index (χ4n) is 3.40. The lowest BCUT2D eigenvalue weighted by Gasteiger charge is -2.31. The molecule has 132 valence electrons. The molecule has 1 fully saturated rings. The fraction of sp³-hybridized carbons (Fsp3) is 0.167. The molecule has 1 saturated heterocycles.